The van der Waals surface area contributed by atoms with Crippen LogP contribution in [0.2, 0.25) is 5.28 Å². The lowest BCUT2D eigenvalue weighted by Gasteiger charge is -2.26. The maximum Gasteiger partial charge on any atom is 0.271 e. The van der Waals surface area contributed by atoms with Crippen LogP contribution in [-0.2, 0) is 4.74 Å². The van der Waals surface area contributed by atoms with Gasteiger partial charge in [0.05, 0.1) is 18.1 Å². The molecule has 0 bridgehead atoms. The third-order valence-electron chi connectivity index (χ3n) is 3.20. The predicted molar refractivity (Wildman–Crippen MR) is 84.2 cm³/mol. The number of nitrogens with zero attached hydrogens (tertiary/aromatic N) is 5. The molecule has 0 saturated carbocycles. The molecule has 0 spiro atoms. The molecule has 1 aliphatic heterocycles. The monoisotopic (exact) mass is 336 g/mol. The number of nitro benzene ring substituents is 1. The highest BCUT2D eigenvalue weighted by Crippen LogP contribution is 2.21. The number of hydrogen-bond acceptors (Lipinski definition) is 8. The summed E-state index contributed by atoms with van der Waals surface area (Å²) < 4.78 is 5.29. The van der Waals surface area contributed by atoms with Gasteiger partial charge in [0.15, 0.2) is 0 Å². The number of ether oxygens (including phenoxy) is 1. The van der Waals surface area contributed by atoms with Crippen molar-refractivity contribution in [2.45, 2.75) is 0 Å². The van der Waals surface area contributed by atoms with Crippen molar-refractivity contribution in [3.05, 3.63) is 39.7 Å². The zero-order chi connectivity index (χ0) is 16.2. The van der Waals surface area contributed by atoms with E-state index in [1.807, 2.05) is 4.90 Å². The van der Waals surface area contributed by atoms with Crippen LogP contribution in [-0.4, -0.2) is 46.2 Å². The van der Waals surface area contributed by atoms with Crippen molar-refractivity contribution in [3.8, 4) is 0 Å². The largest absolute Gasteiger partial charge is 0.378 e. The Bertz CT molecular complexity index is 723. The first kappa shape index (κ1) is 15.4. The summed E-state index contributed by atoms with van der Waals surface area (Å²) in [6.07, 6.45) is 0. The van der Waals surface area contributed by atoms with Crippen molar-refractivity contribution >= 4 is 34.9 Å². The molecule has 2 heterocycles. The van der Waals surface area contributed by atoms with Crippen molar-refractivity contribution in [2.24, 2.45) is 0 Å². The predicted octanol–water partition coefficient (Wildman–Crippen LogP) is 2.01. The zero-order valence-electron chi connectivity index (χ0n) is 12.0. The van der Waals surface area contributed by atoms with E-state index in [4.69, 9.17) is 16.3 Å². The van der Waals surface area contributed by atoms with Crippen molar-refractivity contribution < 1.29 is 9.66 Å². The normalized spacial score (nSPS) is 14.6. The minimum atomic E-state index is -0.468. The number of benzene rings is 1. The summed E-state index contributed by atoms with van der Waals surface area (Å²) in [5.74, 6) is 0.674. The average molecular weight is 337 g/mol. The van der Waals surface area contributed by atoms with Gasteiger partial charge in [0.25, 0.3) is 5.69 Å². The Labute approximate surface area is 136 Å². The highest BCUT2D eigenvalue weighted by molar-refractivity contribution is 6.28. The van der Waals surface area contributed by atoms with Crippen LogP contribution in [0.5, 0.6) is 0 Å². The van der Waals surface area contributed by atoms with Crippen LogP contribution in [0, 0.1) is 10.1 Å². The first-order valence-corrected chi connectivity index (χ1v) is 7.25. The SMILES string of the molecule is O=[N+]([O-])c1cccc(Nc2nc(Cl)nc(N3CCOCC3)n2)c1. The molecule has 1 fully saturated rings. The van der Waals surface area contributed by atoms with Crippen molar-refractivity contribution in [3.63, 3.8) is 0 Å². The van der Waals surface area contributed by atoms with Crippen LogP contribution in [0.4, 0.5) is 23.3 Å². The Morgan fingerprint density at radius 1 is 1.26 bits per heavy atom. The van der Waals surface area contributed by atoms with E-state index < -0.39 is 4.92 Å². The van der Waals surface area contributed by atoms with E-state index in [1.165, 1.54) is 12.1 Å². The van der Waals surface area contributed by atoms with E-state index >= 15 is 0 Å². The summed E-state index contributed by atoms with van der Waals surface area (Å²) in [6.45, 7) is 2.51. The van der Waals surface area contributed by atoms with E-state index in [1.54, 1.807) is 12.1 Å². The van der Waals surface area contributed by atoms with Gasteiger partial charge in [-0.3, -0.25) is 10.1 Å². The van der Waals surface area contributed by atoms with E-state index in [-0.39, 0.29) is 16.9 Å². The molecular formula is C13H13ClN6O3. The highest BCUT2D eigenvalue weighted by atomic mass is 35.5. The number of halogens is 1. The van der Waals surface area contributed by atoms with Gasteiger partial charge in [-0.1, -0.05) is 6.07 Å². The van der Waals surface area contributed by atoms with Gasteiger partial charge in [-0.05, 0) is 17.7 Å². The van der Waals surface area contributed by atoms with Gasteiger partial charge in [0, 0.05) is 30.9 Å². The number of nitrogens with one attached hydrogen (secondary N) is 1. The van der Waals surface area contributed by atoms with Gasteiger partial charge in [-0.25, -0.2) is 0 Å². The molecule has 1 aliphatic rings. The van der Waals surface area contributed by atoms with Gasteiger partial charge in [0.2, 0.25) is 17.2 Å². The Hall–Kier alpha value is -2.52. The zero-order valence-corrected chi connectivity index (χ0v) is 12.7. The Morgan fingerprint density at radius 2 is 2.04 bits per heavy atom. The van der Waals surface area contributed by atoms with Crippen molar-refractivity contribution in [2.75, 3.05) is 36.5 Å². The summed E-state index contributed by atoms with van der Waals surface area (Å²) in [6, 6.07) is 6.06. The number of nitro groups is 1. The molecule has 9 nitrogen and oxygen atoms in total. The summed E-state index contributed by atoms with van der Waals surface area (Å²) >= 11 is 5.95. The Balaban J connectivity index is 1.83. The van der Waals surface area contributed by atoms with Gasteiger partial charge in [0.1, 0.15) is 0 Å². The summed E-state index contributed by atoms with van der Waals surface area (Å²) in [5, 5.41) is 13.8. The number of aromatic nitrogens is 3. The lowest BCUT2D eigenvalue weighted by Crippen LogP contribution is -2.37. The molecule has 1 saturated heterocycles. The first-order chi connectivity index (χ1) is 11.1. The molecule has 23 heavy (non-hydrogen) atoms. The molecule has 3 rings (SSSR count). The van der Waals surface area contributed by atoms with Gasteiger partial charge < -0.3 is 15.0 Å². The molecular weight excluding hydrogens is 324 g/mol. The molecule has 0 aliphatic carbocycles. The average Bonchev–Trinajstić information content (AvgIpc) is 2.55. The maximum atomic E-state index is 10.8. The number of rotatable bonds is 4. The summed E-state index contributed by atoms with van der Waals surface area (Å²) in [5.41, 5.74) is 0.470. The van der Waals surface area contributed by atoms with Crippen LogP contribution in [0.1, 0.15) is 0 Å². The molecule has 0 unspecified atom stereocenters. The number of anilines is 3. The minimum Gasteiger partial charge on any atom is -0.378 e. The lowest BCUT2D eigenvalue weighted by atomic mass is 10.3. The van der Waals surface area contributed by atoms with Crippen LogP contribution in [0.15, 0.2) is 24.3 Å². The molecule has 1 aromatic heterocycles. The van der Waals surface area contributed by atoms with Gasteiger partial charge in [-0.2, -0.15) is 15.0 Å². The summed E-state index contributed by atoms with van der Waals surface area (Å²) in [7, 11) is 0. The van der Waals surface area contributed by atoms with E-state index in [9.17, 15) is 10.1 Å². The van der Waals surface area contributed by atoms with Gasteiger partial charge in [-0.15, -0.1) is 0 Å². The topological polar surface area (TPSA) is 106 Å². The van der Waals surface area contributed by atoms with Crippen LogP contribution in [0.25, 0.3) is 0 Å². The second-order valence-electron chi connectivity index (χ2n) is 4.76. The smallest absolute Gasteiger partial charge is 0.271 e. The van der Waals surface area contributed by atoms with Gasteiger partial charge >= 0.3 is 0 Å². The molecule has 2 aromatic rings. The van der Waals surface area contributed by atoms with Crippen LogP contribution >= 0.6 is 11.6 Å². The van der Waals surface area contributed by atoms with Crippen LogP contribution < -0.4 is 10.2 Å². The number of morpholine rings is 1. The fourth-order valence-corrected chi connectivity index (χ4v) is 2.28. The Kier molecular flexibility index (Phi) is 4.49. The van der Waals surface area contributed by atoms with Crippen molar-refractivity contribution in [1.82, 2.24) is 15.0 Å². The van der Waals surface area contributed by atoms with E-state index in [2.05, 4.69) is 20.3 Å². The molecule has 0 atom stereocenters. The quantitative estimate of drug-likeness (QED) is 0.667. The first-order valence-electron chi connectivity index (χ1n) is 6.87. The third kappa shape index (κ3) is 3.82. The Morgan fingerprint density at radius 3 is 2.78 bits per heavy atom. The fourth-order valence-electron chi connectivity index (χ4n) is 2.13. The standard InChI is InChI=1S/C13H13ClN6O3/c14-11-16-12(15-9-2-1-3-10(8-9)20(21)22)18-13(17-11)19-4-6-23-7-5-19/h1-3,8H,4-7H2,(H,15,16,17,18). The van der Waals surface area contributed by atoms with Crippen molar-refractivity contribution in [1.29, 1.82) is 0 Å². The molecule has 1 aromatic carbocycles. The molecule has 10 heteroatoms. The number of non-ortho nitro benzene ring substituents is 1. The molecule has 120 valence electrons. The second kappa shape index (κ2) is 6.71. The highest BCUT2D eigenvalue weighted by Gasteiger charge is 2.16. The molecule has 1 N–H and O–H groups in total. The fraction of sp³-hybridized carbons (Fsp3) is 0.308. The molecule has 0 amide bonds. The maximum absolute atomic E-state index is 10.8. The summed E-state index contributed by atoms with van der Waals surface area (Å²) in [4.78, 5) is 24.7. The number of hydrogen-bond donors (Lipinski definition) is 1. The third-order valence-corrected chi connectivity index (χ3v) is 3.37. The van der Waals surface area contributed by atoms with E-state index in [0.29, 0.717) is 37.9 Å². The molecule has 0 radical (unpaired) electrons. The second-order valence-corrected chi connectivity index (χ2v) is 5.10. The van der Waals surface area contributed by atoms with Crippen LogP contribution in [0.3, 0.4) is 0 Å². The lowest BCUT2D eigenvalue weighted by molar-refractivity contribution is -0.384. The van der Waals surface area contributed by atoms with E-state index in [0.717, 1.165) is 0 Å². The minimum absolute atomic E-state index is 0.0245.